The van der Waals surface area contributed by atoms with Gasteiger partial charge in [0.25, 0.3) is 11.8 Å². The summed E-state index contributed by atoms with van der Waals surface area (Å²) in [5.41, 5.74) is 6.12. The lowest BCUT2D eigenvalue weighted by Crippen LogP contribution is -2.49. The highest BCUT2D eigenvalue weighted by Gasteiger charge is 2.11. The Morgan fingerprint density at radius 1 is 1.14 bits per heavy atom. The summed E-state index contributed by atoms with van der Waals surface area (Å²) in [6, 6.07) is 12.2. The molecule has 7 nitrogen and oxygen atoms in total. The van der Waals surface area contributed by atoms with Crippen molar-refractivity contribution in [1.82, 2.24) is 16.2 Å². The van der Waals surface area contributed by atoms with E-state index in [9.17, 15) is 9.59 Å². The van der Waals surface area contributed by atoms with E-state index < -0.39 is 11.8 Å². The molecule has 3 N–H and O–H groups in total. The summed E-state index contributed by atoms with van der Waals surface area (Å²) in [5.74, 6) is 0.312. The van der Waals surface area contributed by atoms with Crippen LogP contribution in [-0.2, 0) is 4.79 Å². The van der Waals surface area contributed by atoms with Crippen molar-refractivity contribution in [3.8, 4) is 11.5 Å². The normalized spacial score (nSPS) is 10.2. The maximum atomic E-state index is 12.3. The number of carbonyl (C=O) groups excluding carboxylic acids is 2. The van der Waals surface area contributed by atoms with E-state index >= 15 is 0 Å². The van der Waals surface area contributed by atoms with Crippen molar-refractivity contribution in [1.29, 1.82) is 0 Å². The molecule has 2 aromatic carbocycles. The number of halogens is 1. The van der Waals surface area contributed by atoms with Crippen LogP contribution < -0.4 is 25.6 Å². The number of benzene rings is 2. The van der Waals surface area contributed by atoms with Gasteiger partial charge in [0, 0.05) is 10.0 Å². The lowest BCUT2D eigenvalue weighted by Gasteiger charge is -2.13. The maximum Gasteiger partial charge on any atom is 0.276 e. The summed E-state index contributed by atoms with van der Waals surface area (Å²) < 4.78 is 12.0. The number of aryl methyl sites for hydroxylation is 1. The van der Waals surface area contributed by atoms with Crippen LogP contribution in [0, 0.1) is 6.92 Å². The Morgan fingerprint density at radius 3 is 2.59 bits per heavy atom. The Labute approximate surface area is 183 Å². The molecule has 0 saturated heterocycles. The standard InChI is InChI=1S/C20H22BrN3O4S/c1-12(2)28-16-6-4-5-14(10-16)19(26)22-20(29)24-23-18(25)11-27-17-8-7-15(21)9-13(17)3/h4-10,12H,11H2,1-3H3,(H,23,25)(H2,22,24,26,29). The number of carbonyl (C=O) groups is 2. The van der Waals surface area contributed by atoms with E-state index in [4.69, 9.17) is 21.7 Å². The molecule has 2 aromatic rings. The van der Waals surface area contributed by atoms with E-state index in [1.807, 2.05) is 32.9 Å². The molecule has 2 amide bonds. The first-order valence-electron chi connectivity index (χ1n) is 8.80. The highest BCUT2D eigenvalue weighted by atomic mass is 79.9. The smallest absolute Gasteiger partial charge is 0.276 e. The monoisotopic (exact) mass is 479 g/mol. The third-order valence-corrected chi connectivity index (χ3v) is 4.20. The van der Waals surface area contributed by atoms with Gasteiger partial charge in [-0.2, -0.15) is 0 Å². The number of hydrogen-bond donors (Lipinski definition) is 3. The molecule has 2 rings (SSSR count). The first-order valence-corrected chi connectivity index (χ1v) is 10.0. The van der Waals surface area contributed by atoms with Crippen molar-refractivity contribution < 1.29 is 19.1 Å². The summed E-state index contributed by atoms with van der Waals surface area (Å²) in [4.78, 5) is 24.2. The molecule has 0 aliphatic heterocycles. The van der Waals surface area contributed by atoms with Crippen molar-refractivity contribution in [3.63, 3.8) is 0 Å². The second-order valence-electron chi connectivity index (χ2n) is 6.35. The first kappa shape index (κ1) is 22.6. The molecule has 0 heterocycles. The van der Waals surface area contributed by atoms with Crippen molar-refractivity contribution in [2.75, 3.05) is 6.61 Å². The van der Waals surface area contributed by atoms with E-state index in [0.717, 1.165) is 10.0 Å². The maximum absolute atomic E-state index is 12.3. The fraction of sp³-hybridized carbons (Fsp3) is 0.250. The fourth-order valence-corrected chi connectivity index (χ4v) is 2.89. The SMILES string of the molecule is Cc1cc(Br)ccc1OCC(=O)NNC(=S)NC(=O)c1cccc(OC(C)C)c1. The predicted molar refractivity (Wildman–Crippen MR) is 118 cm³/mol. The van der Waals surface area contributed by atoms with Crippen LogP contribution in [0.25, 0.3) is 0 Å². The van der Waals surface area contributed by atoms with Crippen LogP contribution in [0.4, 0.5) is 0 Å². The van der Waals surface area contributed by atoms with E-state index in [1.165, 1.54) is 0 Å². The van der Waals surface area contributed by atoms with Gasteiger partial charge in [0.1, 0.15) is 11.5 Å². The molecule has 0 fully saturated rings. The molecule has 0 aliphatic rings. The molecular weight excluding hydrogens is 458 g/mol. The molecular formula is C20H22BrN3O4S. The molecule has 154 valence electrons. The van der Waals surface area contributed by atoms with Gasteiger partial charge in [-0.15, -0.1) is 0 Å². The van der Waals surface area contributed by atoms with Crippen molar-refractivity contribution in [2.45, 2.75) is 26.9 Å². The van der Waals surface area contributed by atoms with Gasteiger partial charge >= 0.3 is 0 Å². The second-order valence-corrected chi connectivity index (χ2v) is 7.67. The van der Waals surface area contributed by atoms with Crippen LogP contribution in [0.2, 0.25) is 0 Å². The molecule has 0 aromatic heterocycles. The molecule has 29 heavy (non-hydrogen) atoms. The van der Waals surface area contributed by atoms with Gasteiger partial charge < -0.3 is 9.47 Å². The molecule has 0 aliphatic carbocycles. The van der Waals surface area contributed by atoms with Crippen LogP contribution in [0.15, 0.2) is 46.9 Å². The zero-order chi connectivity index (χ0) is 21.4. The van der Waals surface area contributed by atoms with E-state index in [0.29, 0.717) is 17.1 Å². The molecule has 0 unspecified atom stereocenters. The number of hydrazine groups is 1. The van der Waals surface area contributed by atoms with Crippen molar-refractivity contribution >= 4 is 45.1 Å². The van der Waals surface area contributed by atoms with Gasteiger partial charge in [-0.25, -0.2) is 0 Å². The topological polar surface area (TPSA) is 88.7 Å². The van der Waals surface area contributed by atoms with Crippen molar-refractivity contribution in [3.05, 3.63) is 58.1 Å². The highest BCUT2D eigenvalue weighted by Crippen LogP contribution is 2.21. The number of nitrogens with one attached hydrogen (secondary N) is 3. The Bertz CT molecular complexity index is 905. The first-order chi connectivity index (χ1) is 13.7. The molecule has 0 spiro atoms. The molecule has 0 atom stereocenters. The van der Waals surface area contributed by atoms with E-state index in [2.05, 4.69) is 32.1 Å². The van der Waals surface area contributed by atoms with Crippen molar-refractivity contribution in [2.24, 2.45) is 0 Å². The molecule has 0 bridgehead atoms. The van der Waals surface area contributed by atoms with Gasteiger partial charge in [-0.1, -0.05) is 22.0 Å². The molecule has 0 radical (unpaired) electrons. The molecule has 9 heteroatoms. The Kier molecular flexibility index (Phi) is 8.41. The lowest BCUT2D eigenvalue weighted by molar-refractivity contribution is -0.123. The fourth-order valence-electron chi connectivity index (χ4n) is 2.27. The highest BCUT2D eigenvalue weighted by molar-refractivity contribution is 9.10. The van der Waals surface area contributed by atoms with Gasteiger partial charge in [0.2, 0.25) is 0 Å². The Hall–Kier alpha value is -2.65. The van der Waals surface area contributed by atoms with E-state index in [1.54, 1.807) is 30.3 Å². The second kappa shape index (κ2) is 10.8. The van der Waals surface area contributed by atoms with Gasteiger partial charge in [0.15, 0.2) is 11.7 Å². The Balaban J connectivity index is 1.78. The largest absolute Gasteiger partial charge is 0.491 e. The predicted octanol–water partition coefficient (Wildman–Crippen LogP) is 3.26. The third kappa shape index (κ3) is 7.71. The third-order valence-electron chi connectivity index (χ3n) is 3.51. The minimum atomic E-state index is -0.448. The molecule has 0 saturated carbocycles. The number of hydrogen-bond acceptors (Lipinski definition) is 5. The van der Waals surface area contributed by atoms with E-state index in [-0.39, 0.29) is 17.8 Å². The number of ether oxygens (including phenoxy) is 2. The van der Waals surface area contributed by atoms with Gasteiger partial charge in [-0.3, -0.25) is 25.8 Å². The number of thiocarbonyl (C=S) groups is 1. The summed E-state index contributed by atoms with van der Waals surface area (Å²) in [7, 11) is 0. The van der Waals surface area contributed by atoms with Gasteiger partial charge in [-0.05, 0) is 75.0 Å². The van der Waals surface area contributed by atoms with Gasteiger partial charge in [0.05, 0.1) is 6.10 Å². The van der Waals surface area contributed by atoms with Crippen LogP contribution >= 0.6 is 28.1 Å². The summed E-state index contributed by atoms with van der Waals surface area (Å²) in [5, 5.41) is 2.44. The van der Waals surface area contributed by atoms with Crippen LogP contribution in [0.1, 0.15) is 29.8 Å². The van der Waals surface area contributed by atoms with Crippen LogP contribution in [0.3, 0.4) is 0 Å². The summed E-state index contributed by atoms with van der Waals surface area (Å²) in [6.07, 6.45) is -0.00492. The number of rotatable bonds is 6. The summed E-state index contributed by atoms with van der Waals surface area (Å²) >= 11 is 8.40. The van der Waals surface area contributed by atoms with Crippen LogP contribution in [-0.4, -0.2) is 29.6 Å². The average molecular weight is 480 g/mol. The zero-order valence-electron chi connectivity index (χ0n) is 16.2. The van der Waals surface area contributed by atoms with Crippen LogP contribution in [0.5, 0.6) is 11.5 Å². The Morgan fingerprint density at radius 2 is 1.90 bits per heavy atom. The zero-order valence-corrected chi connectivity index (χ0v) is 18.6. The minimum Gasteiger partial charge on any atom is -0.491 e. The summed E-state index contributed by atoms with van der Waals surface area (Å²) in [6.45, 7) is 5.47. The lowest BCUT2D eigenvalue weighted by atomic mass is 10.2. The quantitative estimate of drug-likeness (QED) is 0.435. The average Bonchev–Trinajstić information content (AvgIpc) is 2.65. The number of amides is 2. The minimum absolute atomic E-state index is 0.00492.